The van der Waals surface area contributed by atoms with Crippen LogP contribution in [0.3, 0.4) is 0 Å². The van der Waals surface area contributed by atoms with Crippen molar-refractivity contribution in [3.05, 3.63) is 59.7 Å². The van der Waals surface area contributed by atoms with Gasteiger partial charge in [0.15, 0.2) is 0 Å². The first kappa shape index (κ1) is 20.9. The molecular formula is C24H27F3N2O. The van der Waals surface area contributed by atoms with Crippen LogP contribution in [0.25, 0.3) is 11.1 Å². The number of hydrogen-bond donors (Lipinski definition) is 0. The van der Waals surface area contributed by atoms with Gasteiger partial charge in [-0.1, -0.05) is 42.8 Å². The number of piperidine rings is 1. The summed E-state index contributed by atoms with van der Waals surface area (Å²) in [6.45, 7) is 3.00. The van der Waals surface area contributed by atoms with Gasteiger partial charge in [0.25, 0.3) is 0 Å². The third-order valence-electron chi connectivity index (χ3n) is 6.44. The molecule has 2 aliphatic rings. The molecule has 0 aliphatic carbocycles. The van der Waals surface area contributed by atoms with Gasteiger partial charge >= 0.3 is 6.18 Å². The SMILES string of the molecule is CN1C(=O)[C@H](CN2CCCCC2)C[C@@H]1c1ccc(-c2ccc(C(F)(F)F)cc2)cc1. The number of nitrogens with zero attached hydrogens (tertiary/aromatic N) is 2. The lowest BCUT2D eigenvalue weighted by atomic mass is 9.96. The number of amides is 1. The minimum absolute atomic E-state index is 0.0349. The van der Waals surface area contributed by atoms with E-state index < -0.39 is 11.7 Å². The van der Waals surface area contributed by atoms with Gasteiger partial charge in [-0.05, 0) is 61.2 Å². The maximum atomic E-state index is 12.8. The number of carbonyl (C=O) groups is 1. The second kappa shape index (κ2) is 8.42. The van der Waals surface area contributed by atoms with Crippen LogP contribution in [0.2, 0.25) is 0 Å². The Bertz CT molecular complexity index is 871. The van der Waals surface area contributed by atoms with E-state index in [1.54, 1.807) is 0 Å². The summed E-state index contributed by atoms with van der Waals surface area (Å²) in [6, 6.07) is 13.1. The molecule has 2 saturated heterocycles. The lowest BCUT2D eigenvalue weighted by Gasteiger charge is -2.28. The Hall–Kier alpha value is -2.34. The van der Waals surface area contributed by atoms with E-state index in [4.69, 9.17) is 0 Å². The largest absolute Gasteiger partial charge is 0.416 e. The van der Waals surface area contributed by atoms with Crippen molar-refractivity contribution in [1.29, 1.82) is 0 Å². The molecule has 2 aromatic rings. The average Bonchev–Trinajstić information content (AvgIpc) is 3.03. The van der Waals surface area contributed by atoms with Crippen LogP contribution in [0.1, 0.15) is 42.9 Å². The van der Waals surface area contributed by atoms with Crippen LogP contribution in [0.4, 0.5) is 13.2 Å². The minimum Gasteiger partial charge on any atom is -0.338 e. The second-order valence-electron chi connectivity index (χ2n) is 8.46. The number of halogens is 3. The third kappa shape index (κ3) is 4.38. The summed E-state index contributed by atoms with van der Waals surface area (Å²) in [5.74, 6) is 0.241. The van der Waals surface area contributed by atoms with Crippen LogP contribution in [-0.2, 0) is 11.0 Å². The van der Waals surface area contributed by atoms with Gasteiger partial charge < -0.3 is 9.80 Å². The van der Waals surface area contributed by atoms with Crippen LogP contribution < -0.4 is 0 Å². The summed E-state index contributed by atoms with van der Waals surface area (Å²) in [5, 5.41) is 0. The summed E-state index contributed by atoms with van der Waals surface area (Å²) >= 11 is 0. The minimum atomic E-state index is -4.33. The number of alkyl halides is 3. The van der Waals surface area contributed by atoms with Gasteiger partial charge in [0.2, 0.25) is 5.91 Å². The maximum Gasteiger partial charge on any atom is 0.416 e. The zero-order chi connectivity index (χ0) is 21.3. The van der Waals surface area contributed by atoms with Gasteiger partial charge in [-0.15, -0.1) is 0 Å². The van der Waals surface area contributed by atoms with Gasteiger partial charge in [0.1, 0.15) is 0 Å². The first-order valence-electron chi connectivity index (χ1n) is 10.6. The van der Waals surface area contributed by atoms with Crippen molar-refractivity contribution < 1.29 is 18.0 Å². The van der Waals surface area contributed by atoms with E-state index in [2.05, 4.69) is 4.90 Å². The summed E-state index contributed by atoms with van der Waals surface area (Å²) in [6.07, 6.45) is 0.193. The number of rotatable bonds is 4. The van der Waals surface area contributed by atoms with Crippen LogP contribution in [0.15, 0.2) is 48.5 Å². The van der Waals surface area contributed by atoms with E-state index >= 15 is 0 Å². The molecule has 0 bridgehead atoms. The Morgan fingerprint density at radius 3 is 2.03 bits per heavy atom. The van der Waals surface area contributed by atoms with Crippen molar-refractivity contribution >= 4 is 5.91 Å². The normalized spacial score (nSPS) is 23.2. The Labute approximate surface area is 175 Å². The van der Waals surface area contributed by atoms with Crippen molar-refractivity contribution in [3.8, 4) is 11.1 Å². The molecular weight excluding hydrogens is 389 g/mol. The maximum absolute atomic E-state index is 12.8. The lowest BCUT2D eigenvalue weighted by Crippen LogP contribution is -2.36. The first-order valence-corrected chi connectivity index (χ1v) is 10.6. The number of carbonyl (C=O) groups excluding carboxylic acids is 1. The van der Waals surface area contributed by atoms with E-state index in [-0.39, 0.29) is 17.9 Å². The summed E-state index contributed by atoms with van der Waals surface area (Å²) in [5.41, 5.74) is 2.04. The van der Waals surface area contributed by atoms with Crippen molar-refractivity contribution in [2.24, 2.45) is 5.92 Å². The van der Waals surface area contributed by atoms with Crippen molar-refractivity contribution in [2.75, 3.05) is 26.7 Å². The highest BCUT2D eigenvalue weighted by Gasteiger charge is 2.38. The van der Waals surface area contributed by atoms with Crippen LogP contribution >= 0.6 is 0 Å². The van der Waals surface area contributed by atoms with Gasteiger partial charge in [-0.25, -0.2) is 0 Å². The number of benzene rings is 2. The molecule has 0 saturated carbocycles. The molecule has 160 valence electrons. The first-order chi connectivity index (χ1) is 14.3. The van der Waals surface area contributed by atoms with E-state index in [1.165, 1.54) is 31.4 Å². The molecule has 1 amide bonds. The van der Waals surface area contributed by atoms with Crippen LogP contribution in [-0.4, -0.2) is 42.4 Å². The van der Waals surface area contributed by atoms with Gasteiger partial charge in [-0.3, -0.25) is 4.79 Å². The van der Waals surface area contributed by atoms with Crippen LogP contribution in [0, 0.1) is 5.92 Å². The molecule has 30 heavy (non-hydrogen) atoms. The topological polar surface area (TPSA) is 23.6 Å². The fraction of sp³-hybridized carbons (Fsp3) is 0.458. The predicted molar refractivity (Wildman–Crippen MR) is 111 cm³/mol. The Morgan fingerprint density at radius 1 is 0.900 bits per heavy atom. The highest BCUT2D eigenvalue weighted by molar-refractivity contribution is 5.81. The number of likely N-dealkylation sites (tertiary alicyclic amines) is 2. The predicted octanol–water partition coefficient (Wildman–Crippen LogP) is 5.38. The summed E-state index contributed by atoms with van der Waals surface area (Å²) in [4.78, 5) is 17.0. The van der Waals surface area contributed by atoms with E-state index in [1.807, 2.05) is 36.2 Å². The lowest BCUT2D eigenvalue weighted by molar-refractivity contribution is -0.137. The van der Waals surface area contributed by atoms with E-state index in [0.717, 1.165) is 54.9 Å². The molecule has 0 aromatic heterocycles. The Balaban J connectivity index is 1.45. The standard InChI is InChI=1S/C24H27F3N2O/c1-28-22(15-20(23(28)30)16-29-13-3-2-4-14-29)19-7-5-17(6-8-19)18-9-11-21(12-10-18)24(25,26)27/h5-12,20,22H,2-4,13-16H2,1H3/t20-,22+/m0/s1. The van der Waals surface area contributed by atoms with Crippen molar-refractivity contribution in [1.82, 2.24) is 9.80 Å². The quantitative estimate of drug-likeness (QED) is 0.668. The van der Waals surface area contributed by atoms with E-state index in [0.29, 0.717) is 0 Å². The molecule has 2 atom stereocenters. The summed E-state index contributed by atoms with van der Waals surface area (Å²) in [7, 11) is 1.87. The van der Waals surface area contributed by atoms with Gasteiger partial charge in [-0.2, -0.15) is 13.2 Å². The van der Waals surface area contributed by atoms with E-state index in [9.17, 15) is 18.0 Å². The molecule has 2 fully saturated rings. The van der Waals surface area contributed by atoms with Crippen molar-refractivity contribution in [3.63, 3.8) is 0 Å². The van der Waals surface area contributed by atoms with Gasteiger partial charge in [0, 0.05) is 13.6 Å². The summed E-state index contributed by atoms with van der Waals surface area (Å²) < 4.78 is 38.3. The Morgan fingerprint density at radius 2 is 1.47 bits per heavy atom. The molecule has 4 rings (SSSR count). The molecule has 2 aliphatic heterocycles. The van der Waals surface area contributed by atoms with Crippen molar-refractivity contribution in [2.45, 2.75) is 37.9 Å². The second-order valence-corrected chi connectivity index (χ2v) is 8.46. The molecule has 0 radical (unpaired) electrons. The molecule has 0 N–H and O–H groups in total. The highest BCUT2D eigenvalue weighted by Crippen LogP contribution is 2.37. The Kier molecular flexibility index (Phi) is 5.87. The van der Waals surface area contributed by atoms with Gasteiger partial charge in [0.05, 0.1) is 17.5 Å². The zero-order valence-corrected chi connectivity index (χ0v) is 17.2. The van der Waals surface area contributed by atoms with Crippen LogP contribution in [0.5, 0.6) is 0 Å². The fourth-order valence-corrected chi connectivity index (χ4v) is 4.69. The molecule has 2 heterocycles. The molecule has 0 spiro atoms. The smallest absolute Gasteiger partial charge is 0.338 e. The molecule has 3 nitrogen and oxygen atoms in total. The third-order valence-corrected chi connectivity index (χ3v) is 6.44. The fourth-order valence-electron chi connectivity index (χ4n) is 4.69. The highest BCUT2D eigenvalue weighted by atomic mass is 19.4. The molecule has 2 aromatic carbocycles. The monoisotopic (exact) mass is 416 g/mol. The molecule has 0 unspecified atom stereocenters. The average molecular weight is 416 g/mol. The molecule has 6 heteroatoms. The number of hydrogen-bond acceptors (Lipinski definition) is 2. The zero-order valence-electron chi connectivity index (χ0n) is 17.2.